The van der Waals surface area contributed by atoms with Gasteiger partial charge in [0.25, 0.3) is 0 Å². The van der Waals surface area contributed by atoms with Crippen molar-refractivity contribution < 1.29 is 11.0 Å². The van der Waals surface area contributed by atoms with E-state index < -0.39 is 5.60 Å². The number of fused-ring (bicyclic) bond motifs is 1. The van der Waals surface area contributed by atoms with Gasteiger partial charge in [-0.3, -0.25) is 4.98 Å². The molecule has 3 nitrogen and oxygen atoms in total. The summed E-state index contributed by atoms with van der Waals surface area (Å²) in [6.07, 6.45) is 5.59. The summed E-state index contributed by atoms with van der Waals surface area (Å²) in [6, 6.07) is 1.90. The Hall–Kier alpha value is -1.64. The molecular weight excluding hydrogens is 238 g/mol. The molecule has 1 heterocycles. The minimum Gasteiger partial charge on any atom is -0.456 e. The molecule has 0 amide bonds. The van der Waals surface area contributed by atoms with Gasteiger partial charge in [-0.05, 0) is 49.8 Å². The molecule has 0 aliphatic heterocycles. The van der Waals surface area contributed by atoms with Crippen LogP contribution in [0.3, 0.4) is 0 Å². The van der Waals surface area contributed by atoms with Gasteiger partial charge in [0.05, 0.1) is 5.57 Å². The average Bonchev–Trinajstić information content (AvgIpc) is 2.31. The van der Waals surface area contributed by atoms with Crippen LogP contribution in [-0.2, 0) is 9.53 Å². The predicted octanol–water partition coefficient (Wildman–Crippen LogP) is 3.81. The third-order valence-electron chi connectivity index (χ3n) is 3.47. The number of pyridine rings is 1. The summed E-state index contributed by atoms with van der Waals surface area (Å²) in [5, 5.41) is 0. The molecule has 0 spiro atoms. The van der Waals surface area contributed by atoms with Gasteiger partial charge < -0.3 is 4.74 Å². The molecule has 2 atom stereocenters. The van der Waals surface area contributed by atoms with E-state index in [0.29, 0.717) is 17.4 Å². The van der Waals surface area contributed by atoms with E-state index in [9.17, 15) is 4.79 Å². The summed E-state index contributed by atoms with van der Waals surface area (Å²) in [5.41, 5.74) is 2.27. The van der Waals surface area contributed by atoms with Crippen LogP contribution in [0.25, 0.3) is 5.57 Å². The molecule has 2 unspecified atom stereocenters. The highest BCUT2D eigenvalue weighted by molar-refractivity contribution is 6.17. The van der Waals surface area contributed by atoms with E-state index in [1.165, 1.54) is 0 Å². The second-order valence-corrected chi connectivity index (χ2v) is 6.19. The van der Waals surface area contributed by atoms with E-state index >= 15 is 0 Å². The Morgan fingerprint density at radius 2 is 2.05 bits per heavy atom. The largest absolute Gasteiger partial charge is 0.456 e. The maximum absolute atomic E-state index is 12.3. The third kappa shape index (κ3) is 2.86. The van der Waals surface area contributed by atoms with Crippen molar-refractivity contribution >= 4 is 11.5 Å². The highest BCUT2D eigenvalue weighted by Crippen LogP contribution is 2.38. The first-order valence-corrected chi connectivity index (χ1v) is 6.69. The van der Waals surface area contributed by atoms with Gasteiger partial charge in [0.1, 0.15) is 5.60 Å². The molecule has 1 aromatic heterocycles. The summed E-state index contributed by atoms with van der Waals surface area (Å²) in [5.74, 6) is 0.424. The number of nitrogens with zero attached hydrogens (tertiary/aromatic N) is 1. The zero-order chi connectivity index (χ0) is 14.2. The molecular formula is C16H23NO2. The number of allylic oxidation sites excluding steroid dienone is 1. The number of hydrogen-bond acceptors (Lipinski definition) is 3. The summed E-state index contributed by atoms with van der Waals surface area (Å²) >= 11 is 0. The molecule has 1 aromatic rings. The molecule has 0 saturated carbocycles. The first-order chi connectivity index (χ1) is 8.79. The van der Waals surface area contributed by atoms with E-state index in [1.807, 2.05) is 39.1 Å². The number of esters is 1. The fourth-order valence-electron chi connectivity index (χ4n) is 2.31. The lowest BCUT2D eigenvalue weighted by molar-refractivity contribution is -0.147. The van der Waals surface area contributed by atoms with Gasteiger partial charge in [-0.2, -0.15) is 0 Å². The molecule has 104 valence electrons. The fourth-order valence-corrected chi connectivity index (χ4v) is 2.31. The topological polar surface area (TPSA) is 39.2 Å². The van der Waals surface area contributed by atoms with E-state index in [1.54, 1.807) is 6.20 Å². The SMILES string of the molecule is CC1C=C(C(=O)OC(C)(C)C)c2ccncc2C1C.[HH]. The highest BCUT2D eigenvalue weighted by atomic mass is 16.6. The molecule has 19 heavy (non-hydrogen) atoms. The summed E-state index contributed by atoms with van der Waals surface area (Å²) in [4.78, 5) is 16.5. The second kappa shape index (κ2) is 4.80. The van der Waals surface area contributed by atoms with Crippen molar-refractivity contribution in [3.63, 3.8) is 0 Å². The van der Waals surface area contributed by atoms with Gasteiger partial charge in [0.15, 0.2) is 0 Å². The van der Waals surface area contributed by atoms with Crippen LogP contribution in [-0.4, -0.2) is 16.6 Å². The number of carbonyl (C=O) groups excluding carboxylic acids is 1. The number of hydrogen-bond donors (Lipinski definition) is 0. The second-order valence-electron chi connectivity index (χ2n) is 6.19. The average molecular weight is 261 g/mol. The Balaban J connectivity index is 0.00000200. The van der Waals surface area contributed by atoms with E-state index in [-0.39, 0.29) is 7.40 Å². The van der Waals surface area contributed by atoms with E-state index in [2.05, 4.69) is 18.8 Å². The van der Waals surface area contributed by atoms with Crippen molar-refractivity contribution in [3.8, 4) is 0 Å². The Morgan fingerprint density at radius 3 is 2.68 bits per heavy atom. The minimum atomic E-state index is -0.475. The maximum Gasteiger partial charge on any atom is 0.338 e. The number of ether oxygens (including phenoxy) is 1. The standard InChI is InChI=1S/C16H21NO2.H2/c1-10-8-13(15(18)19-16(3,4)5)12-6-7-17-9-14(12)11(10)2;/h6-11H,1-5H3;1H. The fraction of sp³-hybridized carbons (Fsp3) is 0.500. The quantitative estimate of drug-likeness (QED) is 0.722. The monoisotopic (exact) mass is 261 g/mol. The minimum absolute atomic E-state index is 0. The zero-order valence-corrected chi connectivity index (χ0v) is 12.2. The van der Waals surface area contributed by atoms with Gasteiger partial charge in [-0.1, -0.05) is 19.9 Å². The lowest BCUT2D eigenvalue weighted by Gasteiger charge is -2.28. The molecule has 3 heteroatoms. The van der Waals surface area contributed by atoms with Gasteiger partial charge in [-0.15, -0.1) is 0 Å². The van der Waals surface area contributed by atoms with Gasteiger partial charge in [0, 0.05) is 13.8 Å². The summed E-state index contributed by atoms with van der Waals surface area (Å²) in [7, 11) is 0. The normalized spacial score (nSPS) is 22.5. The lowest BCUT2D eigenvalue weighted by Crippen LogP contribution is -2.26. The Kier molecular flexibility index (Phi) is 3.48. The van der Waals surface area contributed by atoms with Crippen LogP contribution in [0.5, 0.6) is 0 Å². The number of carbonyl (C=O) groups is 1. The first-order valence-electron chi connectivity index (χ1n) is 6.69. The van der Waals surface area contributed by atoms with Crippen LogP contribution in [0.4, 0.5) is 0 Å². The molecule has 0 aromatic carbocycles. The number of rotatable bonds is 1. The molecule has 0 N–H and O–H groups in total. The predicted molar refractivity (Wildman–Crippen MR) is 77.8 cm³/mol. The van der Waals surface area contributed by atoms with Crippen molar-refractivity contribution in [2.75, 3.05) is 0 Å². The van der Waals surface area contributed by atoms with Crippen LogP contribution >= 0.6 is 0 Å². The maximum atomic E-state index is 12.3. The Bertz CT molecular complexity index is 532. The van der Waals surface area contributed by atoms with Crippen LogP contribution in [0, 0.1) is 5.92 Å². The van der Waals surface area contributed by atoms with Crippen LogP contribution in [0.15, 0.2) is 24.5 Å². The van der Waals surface area contributed by atoms with Gasteiger partial charge >= 0.3 is 5.97 Å². The van der Waals surface area contributed by atoms with E-state index in [4.69, 9.17) is 4.74 Å². The molecule has 1 aliphatic rings. The highest BCUT2D eigenvalue weighted by Gasteiger charge is 2.29. The molecule has 0 bridgehead atoms. The molecule has 0 saturated heterocycles. The smallest absolute Gasteiger partial charge is 0.338 e. The molecule has 1 aliphatic carbocycles. The van der Waals surface area contributed by atoms with Gasteiger partial charge in [0.2, 0.25) is 0 Å². The molecule has 2 rings (SSSR count). The van der Waals surface area contributed by atoms with Crippen LogP contribution < -0.4 is 0 Å². The zero-order valence-electron chi connectivity index (χ0n) is 12.2. The van der Waals surface area contributed by atoms with Crippen molar-refractivity contribution in [2.45, 2.75) is 46.1 Å². The molecule has 0 fully saturated rings. The summed E-state index contributed by atoms with van der Waals surface area (Å²) < 4.78 is 5.49. The lowest BCUT2D eigenvalue weighted by atomic mass is 9.79. The summed E-state index contributed by atoms with van der Waals surface area (Å²) in [6.45, 7) is 9.92. The van der Waals surface area contributed by atoms with Crippen molar-refractivity contribution in [1.29, 1.82) is 0 Å². The van der Waals surface area contributed by atoms with Crippen molar-refractivity contribution in [2.24, 2.45) is 5.92 Å². The van der Waals surface area contributed by atoms with Crippen LogP contribution in [0.1, 0.15) is 53.1 Å². The Labute approximate surface area is 116 Å². The van der Waals surface area contributed by atoms with Crippen molar-refractivity contribution in [3.05, 3.63) is 35.7 Å². The van der Waals surface area contributed by atoms with Crippen molar-refractivity contribution in [1.82, 2.24) is 4.98 Å². The third-order valence-corrected chi connectivity index (χ3v) is 3.47. The molecule has 0 radical (unpaired) electrons. The van der Waals surface area contributed by atoms with Gasteiger partial charge in [-0.25, -0.2) is 4.79 Å². The number of aromatic nitrogens is 1. The Morgan fingerprint density at radius 1 is 1.37 bits per heavy atom. The van der Waals surface area contributed by atoms with E-state index in [0.717, 1.165) is 11.1 Å². The first kappa shape index (κ1) is 13.8. The van der Waals surface area contributed by atoms with Crippen LogP contribution in [0.2, 0.25) is 0 Å².